The molecule has 1 N–H and O–H groups in total. The molecule has 2 unspecified atom stereocenters. The van der Waals surface area contributed by atoms with Gasteiger partial charge in [-0.2, -0.15) is 0 Å². The van der Waals surface area contributed by atoms with Gasteiger partial charge in [0.15, 0.2) is 0 Å². The lowest BCUT2D eigenvalue weighted by atomic mass is 9.91. The molecule has 0 saturated carbocycles. The lowest BCUT2D eigenvalue weighted by Gasteiger charge is -2.33. The number of rotatable bonds is 5. The van der Waals surface area contributed by atoms with Gasteiger partial charge in [0.2, 0.25) is 5.91 Å². The zero-order valence-corrected chi connectivity index (χ0v) is 14.1. The number of para-hydroxylation sites is 1. The van der Waals surface area contributed by atoms with Gasteiger partial charge in [-0.15, -0.1) is 0 Å². The third kappa shape index (κ3) is 3.65. The molecule has 0 fully saturated rings. The average molecular weight is 339 g/mol. The maximum atomic E-state index is 13.2. The summed E-state index contributed by atoms with van der Waals surface area (Å²) in [6.07, 6.45) is 0.549. The Balaban J connectivity index is 1.91. The molecule has 0 radical (unpaired) electrons. The number of hydrogen-bond donors (Lipinski definition) is 1. The minimum absolute atomic E-state index is 0.172. The highest BCUT2D eigenvalue weighted by atomic mass is 16.5. The number of benzene rings is 2. The Labute approximate surface area is 146 Å². The van der Waals surface area contributed by atoms with Crippen LogP contribution in [0.4, 0.5) is 0 Å². The lowest BCUT2D eigenvalue weighted by Crippen LogP contribution is -2.45. The van der Waals surface area contributed by atoms with E-state index in [-0.39, 0.29) is 18.4 Å². The number of ether oxygens (including phenoxy) is 1. The first kappa shape index (κ1) is 17.0. The van der Waals surface area contributed by atoms with Crippen molar-refractivity contribution in [1.29, 1.82) is 0 Å². The van der Waals surface area contributed by atoms with Crippen LogP contribution in [0.1, 0.15) is 30.4 Å². The van der Waals surface area contributed by atoms with Crippen LogP contribution < -0.4 is 4.74 Å². The Morgan fingerprint density at radius 1 is 1.16 bits per heavy atom. The zero-order chi connectivity index (χ0) is 17.8. The Hall–Kier alpha value is -2.82. The summed E-state index contributed by atoms with van der Waals surface area (Å²) < 4.78 is 5.62. The molecule has 25 heavy (non-hydrogen) atoms. The van der Waals surface area contributed by atoms with Crippen LogP contribution in [0.2, 0.25) is 0 Å². The second kappa shape index (κ2) is 7.38. The van der Waals surface area contributed by atoms with Crippen molar-refractivity contribution in [3.8, 4) is 5.75 Å². The van der Waals surface area contributed by atoms with Crippen molar-refractivity contribution in [2.45, 2.75) is 31.8 Å². The summed E-state index contributed by atoms with van der Waals surface area (Å²) in [5.41, 5.74) is 1.73. The molecule has 0 aliphatic carbocycles. The fourth-order valence-electron chi connectivity index (χ4n) is 3.12. The molecule has 0 bridgehead atoms. The van der Waals surface area contributed by atoms with E-state index in [2.05, 4.69) is 0 Å². The van der Waals surface area contributed by atoms with Crippen molar-refractivity contribution < 1.29 is 19.4 Å². The molecular formula is C20H21NO4. The van der Waals surface area contributed by atoms with Gasteiger partial charge in [0, 0.05) is 12.1 Å². The summed E-state index contributed by atoms with van der Waals surface area (Å²) in [6.45, 7) is 2.27. The van der Waals surface area contributed by atoms with E-state index in [1.54, 1.807) is 6.92 Å². The summed E-state index contributed by atoms with van der Waals surface area (Å²) >= 11 is 0. The van der Waals surface area contributed by atoms with Crippen molar-refractivity contribution in [3.05, 3.63) is 65.7 Å². The van der Waals surface area contributed by atoms with E-state index in [0.29, 0.717) is 18.8 Å². The third-order valence-corrected chi connectivity index (χ3v) is 4.56. The smallest absolute Gasteiger partial charge is 0.326 e. The molecule has 1 aliphatic heterocycles. The van der Waals surface area contributed by atoms with Gasteiger partial charge in [0.1, 0.15) is 11.8 Å². The maximum absolute atomic E-state index is 13.2. The Morgan fingerprint density at radius 3 is 2.56 bits per heavy atom. The van der Waals surface area contributed by atoms with Gasteiger partial charge >= 0.3 is 5.97 Å². The summed E-state index contributed by atoms with van der Waals surface area (Å²) in [4.78, 5) is 26.2. The van der Waals surface area contributed by atoms with Crippen LogP contribution in [0.25, 0.3) is 0 Å². The van der Waals surface area contributed by atoms with E-state index in [1.807, 2.05) is 54.6 Å². The summed E-state index contributed by atoms with van der Waals surface area (Å²) in [6, 6.07) is 16.0. The average Bonchev–Trinajstić information content (AvgIpc) is 2.65. The predicted octanol–water partition coefficient (Wildman–Crippen LogP) is 3.05. The molecule has 1 aliphatic rings. The standard InChI is InChI=1S/C20H21NO4/c1-14(20(23)24)21(13-15-7-3-2-4-8-15)19(22)17-11-12-25-18-10-6-5-9-16(17)18/h2-10,14,17H,11-13H2,1H3,(H,23,24). The topological polar surface area (TPSA) is 66.8 Å². The first-order valence-corrected chi connectivity index (χ1v) is 8.37. The summed E-state index contributed by atoms with van der Waals surface area (Å²) in [5.74, 6) is -0.857. The summed E-state index contributed by atoms with van der Waals surface area (Å²) in [5, 5.41) is 9.45. The molecular weight excluding hydrogens is 318 g/mol. The van der Waals surface area contributed by atoms with Gasteiger partial charge in [0.25, 0.3) is 0 Å². The van der Waals surface area contributed by atoms with E-state index in [9.17, 15) is 14.7 Å². The fourth-order valence-corrected chi connectivity index (χ4v) is 3.12. The third-order valence-electron chi connectivity index (χ3n) is 4.56. The van der Waals surface area contributed by atoms with Crippen LogP contribution in [-0.4, -0.2) is 34.5 Å². The number of carboxylic acid groups (broad SMARTS) is 1. The van der Waals surface area contributed by atoms with Crippen molar-refractivity contribution in [2.24, 2.45) is 0 Å². The number of nitrogens with zero attached hydrogens (tertiary/aromatic N) is 1. The van der Waals surface area contributed by atoms with E-state index in [1.165, 1.54) is 4.90 Å². The first-order chi connectivity index (χ1) is 12.1. The van der Waals surface area contributed by atoms with Gasteiger partial charge in [-0.3, -0.25) is 4.79 Å². The van der Waals surface area contributed by atoms with Crippen LogP contribution in [0.5, 0.6) is 5.75 Å². The molecule has 5 heteroatoms. The quantitative estimate of drug-likeness (QED) is 0.909. The Bertz CT molecular complexity index is 759. The Morgan fingerprint density at radius 2 is 1.84 bits per heavy atom. The van der Waals surface area contributed by atoms with Crippen molar-refractivity contribution in [2.75, 3.05) is 6.61 Å². The van der Waals surface area contributed by atoms with E-state index in [4.69, 9.17) is 4.74 Å². The molecule has 0 spiro atoms. The number of hydrogen-bond acceptors (Lipinski definition) is 3. The normalized spacial score (nSPS) is 17.1. The van der Waals surface area contributed by atoms with Gasteiger partial charge in [-0.1, -0.05) is 48.5 Å². The van der Waals surface area contributed by atoms with Crippen LogP contribution in [-0.2, 0) is 16.1 Å². The highest BCUT2D eigenvalue weighted by Crippen LogP contribution is 2.35. The zero-order valence-electron chi connectivity index (χ0n) is 14.1. The van der Waals surface area contributed by atoms with Gasteiger partial charge in [0.05, 0.1) is 12.5 Å². The molecule has 0 aromatic heterocycles. The van der Waals surface area contributed by atoms with E-state index >= 15 is 0 Å². The number of aliphatic carboxylic acids is 1. The highest BCUT2D eigenvalue weighted by Gasteiger charge is 2.34. The highest BCUT2D eigenvalue weighted by molar-refractivity contribution is 5.88. The van der Waals surface area contributed by atoms with Gasteiger partial charge in [-0.05, 0) is 25.0 Å². The van der Waals surface area contributed by atoms with Gasteiger partial charge < -0.3 is 14.7 Å². The number of carboxylic acids is 1. The second-order valence-corrected chi connectivity index (χ2v) is 6.19. The molecule has 130 valence electrons. The number of carbonyl (C=O) groups excluding carboxylic acids is 1. The van der Waals surface area contributed by atoms with E-state index in [0.717, 1.165) is 11.1 Å². The van der Waals surface area contributed by atoms with Gasteiger partial charge in [-0.25, -0.2) is 4.79 Å². The molecule has 2 aromatic rings. The molecule has 2 atom stereocenters. The Kier molecular flexibility index (Phi) is 5.03. The monoisotopic (exact) mass is 339 g/mol. The predicted molar refractivity (Wildman–Crippen MR) is 93.4 cm³/mol. The molecule has 0 saturated heterocycles. The van der Waals surface area contributed by atoms with Crippen molar-refractivity contribution >= 4 is 11.9 Å². The molecule has 2 aromatic carbocycles. The largest absolute Gasteiger partial charge is 0.493 e. The minimum atomic E-state index is -1.01. The van der Waals surface area contributed by atoms with Crippen LogP contribution in [0.15, 0.2) is 54.6 Å². The SMILES string of the molecule is CC(C(=O)O)N(Cc1ccccc1)C(=O)C1CCOc2ccccc21. The van der Waals surface area contributed by atoms with Crippen LogP contribution in [0, 0.1) is 0 Å². The first-order valence-electron chi connectivity index (χ1n) is 8.37. The molecule has 1 heterocycles. The maximum Gasteiger partial charge on any atom is 0.326 e. The number of amides is 1. The second-order valence-electron chi connectivity index (χ2n) is 6.19. The molecule has 3 rings (SSSR count). The number of fused-ring (bicyclic) bond motifs is 1. The van der Waals surface area contributed by atoms with E-state index < -0.39 is 12.0 Å². The van der Waals surface area contributed by atoms with Crippen LogP contribution >= 0.6 is 0 Å². The van der Waals surface area contributed by atoms with Crippen molar-refractivity contribution in [1.82, 2.24) is 4.90 Å². The van der Waals surface area contributed by atoms with Crippen LogP contribution in [0.3, 0.4) is 0 Å². The minimum Gasteiger partial charge on any atom is -0.493 e. The fraction of sp³-hybridized carbons (Fsp3) is 0.300. The number of carbonyl (C=O) groups is 2. The molecule has 1 amide bonds. The summed E-state index contributed by atoms with van der Waals surface area (Å²) in [7, 11) is 0. The lowest BCUT2D eigenvalue weighted by molar-refractivity contribution is -0.151. The van der Waals surface area contributed by atoms with Crippen molar-refractivity contribution in [3.63, 3.8) is 0 Å². The molecule has 5 nitrogen and oxygen atoms in total.